The van der Waals surface area contributed by atoms with Crippen LogP contribution >= 0.6 is 0 Å². The number of benzene rings is 3. The second kappa shape index (κ2) is 9.98. The van der Waals surface area contributed by atoms with Gasteiger partial charge in [0.05, 0.1) is 6.61 Å². The SMILES string of the molecule is CCCCCCOc1ccc(N(c2cccc(C)c2)c2cccc(C)c2)cc1. The van der Waals surface area contributed by atoms with Gasteiger partial charge >= 0.3 is 0 Å². The quantitative estimate of drug-likeness (QED) is 0.356. The van der Waals surface area contributed by atoms with Crippen LogP contribution in [0.2, 0.25) is 0 Å². The second-order valence-corrected chi connectivity index (χ2v) is 7.42. The lowest BCUT2D eigenvalue weighted by atomic mass is 10.1. The molecule has 0 unspecified atom stereocenters. The molecule has 146 valence electrons. The molecule has 0 heterocycles. The average Bonchev–Trinajstić information content (AvgIpc) is 2.69. The Bertz CT molecular complexity index is 824. The molecule has 2 nitrogen and oxygen atoms in total. The zero-order chi connectivity index (χ0) is 19.8. The standard InChI is InChI=1S/C26H31NO/c1-4-5-6-7-18-28-26-16-14-23(15-17-26)27(24-12-8-10-21(2)19-24)25-13-9-11-22(3)20-25/h8-17,19-20H,4-7,18H2,1-3H3. The Morgan fingerprint density at radius 3 is 1.82 bits per heavy atom. The van der Waals surface area contributed by atoms with E-state index in [4.69, 9.17) is 4.74 Å². The number of ether oxygens (including phenoxy) is 1. The van der Waals surface area contributed by atoms with Crippen LogP contribution in [0.15, 0.2) is 72.8 Å². The van der Waals surface area contributed by atoms with E-state index >= 15 is 0 Å². The van der Waals surface area contributed by atoms with E-state index in [1.54, 1.807) is 0 Å². The first-order chi connectivity index (χ1) is 13.7. The fourth-order valence-corrected chi connectivity index (χ4v) is 3.39. The molecule has 0 spiro atoms. The topological polar surface area (TPSA) is 12.5 Å². The first-order valence-electron chi connectivity index (χ1n) is 10.3. The van der Waals surface area contributed by atoms with Crippen molar-refractivity contribution in [3.05, 3.63) is 83.9 Å². The van der Waals surface area contributed by atoms with Gasteiger partial charge in [-0.3, -0.25) is 0 Å². The van der Waals surface area contributed by atoms with E-state index in [0.29, 0.717) is 0 Å². The van der Waals surface area contributed by atoms with Crippen LogP contribution < -0.4 is 9.64 Å². The number of hydrogen-bond acceptors (Lipinski definition) is 2. The van der Waals surface area contributed by atoms with Gasteiger partial charge in [0, 0.05) is 17.1 Å². The van der Waals surface area contributed by atoms with E-state index in [0.717, 1.165) is 24.5 Å². The lowest BCUT2D eigenvalue weighted by Gasteiger charge is -2.26. The molecule has 0 saturated carbocycles. The van der Waals surface area contributed by atoms with Crippen LogP contribution in [0, 0.1) is 13.8 Å². The fourth-order valence-electron chi connectivity index (χ4n) is 3.39. The molecule has 0 aliphatic carbocycles. The summed E-state index contributed by atoms with van der Waals surface area (Å²) in [5.41, 5.74) is 5.97. The molecule has 3 aromatic rings. The molecule has 0 amide bonds. The summed E-state index contributed by atoms with van der Waals surface area (Å²) in [6.45, 7) is 7.29. The molecule has 0 aromatic heterocycles. The maximum Gasteiger partial charge on any atom is 0.119 e. The van der Waals surface area contributed by atoms with Gasteiger partial charge in [0.1, 0.15) is 5.75 Å². The molecule has 0 N–H and O–H groups in total. The highest BCUT2D eigenvalue weighted by Crippen LogP contribution is 2.35. The number of anilines is 3. The fraction of sp³-hybridized carbons (Fsp3) is 0.308. The van der Waals surface area contributed by atoms with Gasteiger partial charge in [0.15, 0.2) is 0 Å². The summed E-state index contributed by atoms with van der Waals surface area (Å²) in [6, 6.07) is 25.7. The second-order valence-electron chi connectivity index (χ2n) is 7.42. The van der Waals surface area contributed by atoms with Gasteiger partial charge in [0.2, 0.25) is 0 Å². The summed E-state index contributed by atoms with van der Waals surface area (Å²) in [7, 11) is 0. The van der Waals surface area contributed by atoms with Crippen LogP contribution in [0.25, 0.3) is 0 Å². The third kappa shape index (κ3) is 5.39. The molecule has 0 aliphatic heterocycles. The first kappa shape index (κ1) is 20.0. The molecule has 0 atom stereocenters. The molecule has 0 radical (unpaired) electrons. The molecule has 0 aliphatic rings. The number of aryl methyl sites for hydroxylation is 2. The van der Waals surface area contributed by atoms with Crippen molar-refractivity contribution >= 4 is 17.1 Å². The van der Waals surface area contributed by atoms with Crippen LogP contribution in [0.1, 0.15) is 43.7 Å². The Balaban J connectivity index is 1.82. The summed E-state index contributed by atoms with van der Waals surface area (Å²) in [5, 5.41) is 0. The molecule has 0 fully saturated rings. The number of nitrogens with zero attached hydrogens (tertiary/aromatic N) is 1. The van der Waals surface area contributed by atoms with E-state index in [9.17, 15) is 0 Å². The zero-order valence-electron chi connectivity index (χ0n) is 17.3. The average molecular weight is 374 g/mol. The Morgan fingerprint density at radius 2 is 1.29 bits per heavy atom. The van der Waals surface area contributed by atoms with Gasteiger partial charge in [-0.25, -0.2) is 0 Å². The van der Waals surface area contributed by atoms with E-state index < -0.39 is 0 Å². The molecule has 0 saturated heterocycles. The number of hydrogen-bond donors (Lipinski definition) is 0. The Morgan fingerprint density at radius 1 is 0.679 bits per heavy atom. The van der Waals surface area contributed by atoms with Crippen molar-refractivity contribution in [3.8, 4) is 5.75 Å². The van der Waals surface area contributed by atoms with E-state index in [2.05, 4.69) is 98.5 Å². The minimum atomic E-state index is 0.790. The summed E-state index contributed by atoms with van der Waals surface area (Å²) in [6.07, 6.45) is 4.89. The van der Waals surface area contributed by atoms with Crippen molar-refractivity contribution in [1.29, 1.82) is 0 Å². The van der Waals surface area contributed by atoms with Crippen molar-refractivity contribution < 1.29 is 4.74 Å². The van der Waals surface area contributed by atoms with Crippen molar-refractivity contribution in [1.82, 2.24) is 0 Å². The van der Waals surface area contributed by atoms with Gasteiger partial charge in [-0.2, -0.15) is 0 Å². The van der Waals surface area contributed by atoms with Gasteiger partial charge < -0.3 is 9.64 Å². The summed E-state index contributed by atoms with van der Waals surface area (Å²) in [4.78, 5) is 2.30. The van der Waals surface area contributed by atoms with Crippen LogP contribution in [-0.2, 0) is 0 Å². The number of rotatable bonds is 9. The van der Waals surface area contributed by atoms with Crippen molar-refractivity contribution in [3.63, 3.8) is 0 Å². The van der Waals surface area contributed by atoms with Crippen molar-refractivity contribution in [2.75, 3.05) is 11.5 Å². The van der Waals surface area contributed by atoms with E-state index in [1.165, 1.54) is 41.8 Å². The van der Waals surface area contributed by atoms with Gasteiger partial charge in [0.25, 0.3) is 0 Å². The molecule has 3 aromatic carbocycles. The van der Waals surface area contributed by atoms with E-state index in [-0.39, 0.29) is 0 Å². The lowest BCUT2D eigenvalue weighted by Crippen LogP contribution is -2.10. The highest BCUT2D eigenvalue weighted by atomic mass is 16.5. The van der Waals surface area contributed by atoms with E-state index in [1.807, 2.05) is 0 Å². The number of unbranched alkanes of at least 4 members (excludes halogenated alkanes) is 3. The Labute approximate surface area is 169 Å². The van der Waals surface area contributed by atoms with Crippen LogP contribution in [0.4, 0.5) is 17.1 Å². The lowest BCUT2D eigenvalue weighted by molar-refractivity contribution is 0.305. The molecule has 2 heteroatoms. The molecule has 3 rings (SSSR count). The van der Waals surface area contributed by atoms with Crippen LogP contribution in [0.5, 0.6) is 5.75 Å². The molecule has 28 heavy (non-hydrogen) atoms. The molecular weight excluding hydrogens is 342 g/mol. The maximum atomic E-state index is 5.92. The van der Waals surface area contributed by atoms with Gasteiger partial charge in [-0.1, -0.05) is 50.5 Å². The maximum absolute atomic E-state index is 5.92. The smallest absolute Gasteiger partial charge is 0.119 e. The predicted molar refractivity (Wildman–Crippen MR) is 120 cm³/mol. The summed E-state index contributed by atoms with van der Waals surface area (Å²) in [5.74, 6) is 0.939. The van der Waals surface area contributed by atoms with Crippen LogP contribution in [0.3, 0.4) is 0 Å². The van der Waals surface area contributed by atoms with Gasteiger partial charge in [-0.15, -0.1) is 0 Å². The Hall–Kier alpha value is -2.74. The highest BCUT2D eigenvalue weighted by Gasteiger charge is 2.12. The minimum absolute atomic E-state index is 0.790. The minimum Gasteiger partial charge on any atom is -0.494 e. The summed E-state index contributed by atoms with van der Waals surface area (Å²) < 4.78 is 5.92. The largest absolute Gasteiger partial charge is 0.494 e. The first-order valence-corrected chi connectivity index (χ1v) is 10.3. The van der Waals surface area contributed by atoms with Crippen molar-refractivity contribution in [2.45, 2.75) is 46.5 Å². The Kier molecular flexibility index (Phi) is 7.13. The zero-order valence-corrected chi connectivity index (χ0v) is 17.3. The van der Waals surface area contributed by atoms with Gasteiger partial charge in [-0.05, 0) is 79.9 Å². The molecule has 0 bridgehead atoms. The third-order valence-electron chi connectivity index (χ3n) is 4.88. The normalized spacial score (nSPS) is 10.7. The monoisotopic (exact) mass is 373 g/mol. The molecular formula is C26H31NO. The summed E-state index contributed by atoms with van der Waals surface area (Å²) >= 11 is 0. The van der Waals surface area contributed by atoms with Crippen LogP contribution in [-0.4, -0.2) is 6.61 Å². The predicted octanol–water partition coefficient (Wildman–Crippen LogP) is 7.73. The highest BCUT2D eigenvalue weighted by molar-refractivity contribution is 5.77. The van der Waals surface area contributed by atoms with Crippen molar-refractivity contribution in [2.24, 2.45) is 0 Å². The third-order valence-corrected chi connectivity index (χ3v) is 4.88.